The molecule has 0 fully saturated rings. The molecule has 0 unspecified atom stereocenters. The Hall–Kier alpha value is -3.55. The predicted octanol–water partition coefficient (Wildman–Crippen LogP) is 3.51. The van der Waals surface area contributed by atoms with E-state index >= 15 is 0 Å². The monoisotopic (exact) mass is 427 g/mol. The minimum absolute atomic E-state index is 0.0163. The molecule has 0 bridgehead atoms. The minimum Gasteiger partial charge on any atom is -0.493 e. The van der Waals surface area contributed by atoms with E-state index in [0.29, 0.717) is 22.8 Å². The number of anilines is 1. The minimum atomic E-state index is -0.365. The molecule has 31 heavy (non-hydrogen) atoms. The molecule has 2 amide bonds. The van der Waals surface area contributed by atoms with Crippen molar-refractivity contribution in [3.05, 3.63) is 46.5 Å². The van der Waals surface area contributed by atoms with Crippen LogP contribution in [0.15, 0.2) is 29.4 Å². The summed E-state index contributed by atoms with van der Waals surface area (Å²) in [4.78, 5) is 24.3. The molecule has 0 atom stereocenters. The maximum Gasteiger partial charge on any atom is 0.240 e. The van der Waals surface area contributed by atoms with E-state index in [4.69, 9.17) is 14.2 Å². The van der Waals surface area contributed by atoms with Crippen LogP contribution in [0.2, 0.25) is 0 Å². The number of hydrogen-bond donors (Lipinski definition) is 2. The molecule has 2 rings (SSSR count). The third kappa shape index (κ3) is 6.47. The van der Waals surface area contributed by atoms with Gasteiger partial charge in [-0.3, -0.25) is 9.59 Å². The maximum atomic E-state index is 12.2. The van der Waals surface area contributed by atoms with Gasteiger partial charge >= 0.3 is 0 Å². The van der Waals surface area contributed by atoms with Crippen molar-refractivity contribution in [2.45, 2.75) is 33.6 Å². The summed E-state index contributed by atoms with van der Waals surface area (Å²) in [6, 6.07) is 7.42. The molecular weight excluding hydrogens is 398 g/mol. The smallest absolute Gasteiger partial charge is 0.240 e. The molecule has 0 aliphatic carbocycles. The predicted molar refractivity (Wildman–Crippen MR) is 120 cm³/mol. The fourth-order valence-electron chi connectivity index (χ4n) is 3.22. The van der Waals surface area contributed by atoms with Gasteiger partial charge in [-0.25, -0.2) is 5.43 Å². The quantitative estimate of drug-likeness (QED) is 0.471. The number of methoxy groups -OCH3 is 3. The Morgan fingerprint density at radius 2 is 1.42 bits per heavy atom. The Morgan fingerprint density at radius 3 is 1.94 bits per heavy atom. The fraction of sp³-hybridized carbons (Fsp3) is 0.348. The fourth-order valence-corrected chi connectivity index (χ4v) is 3.22. The molecule has 2 N–H and O–H groups in total. The van der Waals surface area contributed by atoms with E-state index in [1.807, 2.05) is 32.9 Å². The number of aryl methyl sites for hydroxylation is 3. The van der Waals surface area contributed by atoms with E-state index in [9.17, 15) is 9.59 Å². The second-order valence-electron chi connectivity index (χ2n) is 7.07. The van der Waals surface area contributed by atoms with Crippen molar-refractivity contribution in [2.75, 3.05) is 26.6 Å². The Kier molecular flexibility index (Phi) is 8.43. The van der Waals surface area contributed by atoms with E-state index in [1.165, 1.54) is 27.5 Å². The van der Waals surface area contributed by atoms with Gasteiger partial charge in [-0.1, -0.05) is 17.7 Å². The lowest BCUT2D eigenvalue weighted by atomic mass is 10.0. The second-order valence-corrected chi connectivity index (χ2v) is 7.07. The summed E-state index contributed by atoms with van der Waals surface area (Å²) in [7, 11) is 4.56. The summed E-state index contributed by atoms with van der Waals surface area (Å²) in [5, 5.41) is 6.82. The summed E-state index contributed by atoms with van der Waals surface area (Å²) in [6.45, 7) is 5.90. The SMILES string of the molecule is COc1cc(/C=N\NC(=O)CCC(=O)Nc2c(C)cc(C)cc2C)cc(OC)c1OC. The number of benzene rings is 2. The maximum absolute atomic E-state index is 12.2. The first-order valence-electron chi connectivity index (χ1n) is 9.78. The zero-order chi connectivity index (χ0) is 23.0. The van der Waals surface area contributed by atoms with E-state index in [-0.39, 0.29) is 24.7 Å². The average molecular weight is 428 g/mol. The molecule has 8 heteroatoms. The van der Waals surface area contributed by atoms with Crippen LogP contribution in [-0.4, -0.2) is 39.4 Å². The molecule has 2 aromatic carbocycles. The average Bonchev–Trinajstić information content (AvgIpc) is 2.73. The van der Waals surface area contributed by atoms with E-state index in [1.54, 1.807) is 12.1 Å². The number of nitrogens with one attached hydrogen (secondary N) is 2. The van der Waals surface area contributed by atoms with Gasteiger partial charge in [0.2, 0.25) is 17.6 Å². The van der Waals surface area contributed by atoms with Crippen molar-refractivity contribution in [1.82, 2.24) is 5.43 Å². The third-order valence-corrected chi connectivity index (χ3v) is 4.61. The van der Waals surface area contributed by atoms with Crippen LogP contribution < -0.4 is 25.0 Å². The molecule has 0 radical (unpaired) electrons. The molecule has 0 aromatic heterocycles. The lowest BCUT2D eigenvalue weighted by molar-refractivity contribution is -0.124. The van der Waals surface area contributed by atoms with Crippen LogP contribution in [0.3, 0.4) is 0 Å². The van der Waals surface area contributed by atoms with Crippen LogP contribution >= 0.6 is 0 Å². The Balaban J connectivity index is 1.91. The van der Waals surface area contributed by atoms with Gasteiger partial charge in [0.15, 0.2) is 11.5 Å². The molecule has 0 aliphatic rings. The molecule has 0 saturated heterocycles. The lowest BCUT2D eigenvalue weighted by Gasteiger charge is -2.13. The zero-order valence-electron chi connectivity index (χ0n) is 18.8. The Morgan fingerprint density at radius 1 is 0.871 bits per heavy atom. The van der Waals surface area contributed by atoms with Gasteiger partial charge in [0.1, 0.15) is 0 Å². The molecule has 0 aliphatic heterocycles. The zero-order valence-corrected chi connectivity index (χ0v) is 18.8. The van der Waals surface area contributed by atoms with E-state index < -0.39 is 0 Å². The first kappa shape index (κ1) is 23.7. The third-order valence-electron chi connectivity index (χ3n) is 4.61. The first-order valence-corrected chi connectivity index (χ1v) is 9.78. The topological polar surface area (TPSA) is 98.2 Å². The van der Waals surface area contributed by atoms with Crippen LogP contribution in [0.25, 0.3) is 0 Å². The van der Waals surface area contributed by atoms with Crippen LogP contribution in [0, 0.1) is 20.8 Å². The highest BCUT2D eigenvalue weighted by molar-refractivity contribution is 5.94. The highest BCUT2D eigenvalue weighted by atomic mass is 16.5. The number of amides is 2. The molecular formula is C23H29N3O5. The Labute approximate surface area is 182 Å². The first-order chi connectivity index (χ1) is 14.8. The largest absolute Gasteiger partial charge is 0.493 e. The molecule has 0 heterocycles. The summed E-state index contributed by atoms with van der Waals surface area (Å²) >= 11 is 0. The van der Waals surface area contributed by atoms with Crippen LogP contribution in [0.1, 0.15) is 35.1 Å². The molecule has 0 saturated carbocycles. The van der Waals surface area contributed by atoms with Gasteiger partial charge in [0, 0.05) is 24.1 Å². The molecule has 8 nitrogen and oxygen atoms in total. The van der Waals surface area contributed by atoms with Gasteiger partial charge in [0.05, 0.1) is 27.5 Å². The van der Waals surface area contributed by atoms with Crippen molar-refractivity contribution in [2.24, 2.45) is 5.10 Å². The van der Waals surface area contributed by atoms with Gasteiger partial charge in [-0.05, 0) is 44.0 Å². The number of ether oxygens (including phenoxy) is 3. The number of rotatable bonds is 9. The number of nitrogens with zero attached hydrogens (tertiary/aromatic N) is 1. The van der Waals surface area contributed by atoms with Crippen molar-refractivity contribution < 1.29 is 23.8 Å². The van der Waals surface area contributed by atoms with Gasteiger partial charge < -0.3 is 19.5 Å². The van der Waals surface area contributed by atoms with Gasteiger partial charge in [-0.15, -0.1) is 0 Å². The summed E-state index contributed by atoms with van der Waals surface area (Å²) in [5.41, 5.74) is 6.98. The summed E-state index contributed by atoms with van der Waals surface area (Å²) < 4.78 is 15.8. The number of hydrazone groups is 1. The number of hydrogen-bond acceptors (Lipinski definition) is 6. The van der Waals surface area contributed by atoms with Crippen molar-refractivity contribution in [1.29, 1.82) is 0 Å². The van der Waals surface area contributed by atoms with Crippen LogP contribution in [-0.2, 0) is 9.59 Å². The molecule has 166 valence electrons. The summed E-state index contributed by atoms with van der Waals surface area (Å²) in [5.74, 6) is 0.840. The molecule has 2 aromatic rings. The number of carbonyl (C=O) groups excluding carboxylic acids is 2. The summed E-state index contributed by atoms with van der Waals surface area (Å²) in [6.07, 6.45) is 1.53. The van der Waals surface area contributed by atoms with Crippen molar-refractivity contribution in [3.8, 4) is 17.2 Å². The normalized spacial score (nSPS) is 10.6. The van der Waals surface area contributed by atoms with Gasteiger partial charge in [-0.2, -0.15) is 5.10 Å². The second kappa shape index (κ2) is 11.0. The lowest BCUT2D eigenvalue weighted by Crippen LogP contribution is -2.21. The number of carbonyl (C=O) groups is 2. The highest BCUT2D eigenvalue weighted by Crippen LogP contribution is 2.37. The van der Waals surface area contributed by atoms with Crippen molar-refractivity contribution in [3.63, 3.8) is 0 Å². The standard InChI is InChI=1S/C23H29N3O5/c1-14-9-15(2)22(16(3)10-14)25-20(27)7-8-21(28)26-24-13-17-11-18(29-4)23(31-6)19(12-17)30-5/h9-13H,7-8H2,1-6H3,(H,25,27)(H,26,28)/b24-13-. The molecule has 0 spiro atoms. The van der Waals surface area contributed by atoms with Crippen molar-refractivity contribution >= 4 is 23.7 Å². The Bertz CT molecular complexity index is 937. The van der Waals surface area contributed by atoms with E-state index in [2.05, 4.69) is 15.8 Å². The van der Waals surface area contributed by atoms with Crippen LogP contribution in [0.5, 0.6) is 17.2 Å². The van der Waals surface area contributed by atoms with E-state index in [0.717, 1.165) is 22.4 Å². The van der Waals surface area contributed by atoms with Crippen LogP contribution in [0.4, 0.5) is 5.69 Å². The highest BCUT2D eigenvalue weighted by Gasteiger charge is 2.13. The van der Waals surface area contributed by atoms with Gasteiger partial charge in [0.25, 0.3) is 0 Å².